The Bertz CT molecular complexity index is 783. The molecule has 0 unspecified atom stereocenters. The molecule has 0 atom stereocenters. The molecule has 1 amide bonds. The first kappa shape index (κ1) is 13.8. The second-order valence-electron chi connectivity index (χ2n) is 4.23. The third-order valence-corrected chi connectivity index (χ3v) is 3.89. The number of benzene rings is 1. The lowest BCUT2D eigenvalue weighted by atomic mass is 10.1. The molecule has 0 radical (unpaired) electrons. The van der Waals surface area contributed by atoms with E-state index in [-0.39, 0.29) is 5.91 Å². The molecule has 0 saturated carbocycles. The van der Waals surface area contributed by atoms with E-state index in [4.69, 9.17) is 16.1 Å². The van der Waals surface area contributed by atoms with Crippen molar-refractivity contribution in [3.05, 3.63) is 52.2 Å². The summed E-state index contributed by atoms with van der Waals surface area (Å²) >= 11 is 7.50. The van der Waals surface area contributed by atoms with Gasteiger partial charge in [0, 0.05) is 17.1 Å². The summed E-state index contributed by atoms with van der Waals surface area (Å²) in [6.07, 6.45) is 1.62. The molecule has 3 aromatic rings. The van der Waals surface area contributed by atoms with Crippen LogP contribution in [0.5, 0.6) is 0 Å². The van der Waals surface area contributed by atoms with Crippen LogP contribution in [0.15, 0.2) is 40.4 Å². The van der Waals surface area contributed by atoms with E-state index in [1.54, 1.807) is 30.6 Å². The van der Waals surface area contributed by atoms with Crippen LogP contribution in [0, 0.1) is 6.92 Å². The van der Waals surface area contributed by atoms with Crippen LogP contribution in [-0.2, 0) is 0 Å². The van der Waals surface area contributed by atoms with E-state index in [0.29, 0.717) is 32.7 Å². The lowest BCUT2D eigenvalue weighted by Gasteiger charge is -2.04. The average molecular weight is 320 g/mol. The molecule has 106 valence electrons. The predicted octanol–water partition coefficient (Wildman–Crippen LogP) is 4.01. The van der Waals surface area contributed by atoms with E-state index in [1.165, 1.54) is 11.3 Å². The zero-order chi connectivity index (χ0) is 14.8. The SMILES string of the molecule is Cc1onc(-c2ccccc2Cl)c1C(=O)Nc1nccs1. The molecule has 21 heavy (non-hydrogen) atoms. The van der Waals surface area contributed by atoms with Gasteiger partial charge < -0.3 is 4.52 Å². The Morgan fingerprint density at radius 1 is 1.38 bits per heavy atom. The van der Waals surface area contributed by atoms with Crippen molar-refractivity contribution in [2.45, 2.75) is 6.92 Å². The minimum Gasteiger partial charge on any atom is -0.360 e. The zero-order valence-corrected chi connectivity index (χ0v) is 12.5. The molecule has 1 N–H and O–H groups in total. The summed E-state index contributed by atoms with van der Waals surface area (Å²) in [5.74, 6) is 0.109. The summed E-state index contributed by atoms with van der Waals surface area (Å²) in [7, 11) is 0. The molecule has 2 aromatic heterocycles. The molecule has 3 rings (SSSR count). The van der Waals surface area contributed by atoms with Crippen molar-refractivity contribution in [2.75, 3.05) is 5.32 Å². The van der Waals surface area contributed by atoms with Gasteiger partial charge in [0.1, 0.15) is 17.0 Å². The highest BCUT2D eigenvalue weighted by Crippen LogP contribution is 2.31. The van der Waals surface area contributed by atoms with Gasteiger partial charge in [-0.3, -0.25) is 10.1 Å². The average Bonchev–Trinajstić information content (AvgIpc) is 3.09. The van der Waals surface area contributed by atoms with Gasteiger partial charge in [-0.2, -0.15) is 0 Å². The van der Waals surface area contributed by atoms with Crippen molar-refractivity contribution in [3.63, 3.8) is 0 Å². The van der Waals surface area contributed by atoms with Crippen LogP contribution in [0.4, 0.5) is 5.13 Å². The first-order chi connectivity index (χ1) is 10.2. The molecular formula is C14H10ClN3O2S. The number of carbonyl (C=O) groups excluding carboxylic acids is 1. The van der Waals surface area contributed by atoms with Crippen LogP contribution in [0.3, 0.4) is 0 Å². The third kappa shape index (κ3) is 2.68. The first-order valence-electron chi connectivity index (χ1n) is 6.09. The number of halogens is 1. The van der Waals surface area contributed by atoms with E-state index in [1.807, 2.05) is 12.1 Å². The van der Waals surface area contributed by atoms with Gasteiger partial charge in [0.25, 0.3) is 5.91 Å². The lowest BCUT2D eigenvalue weighted by molar-refractivity contribution is 0.102. The summed E-state index contributed by atoms with van der Waals surface area (Å²) in [6.45, 7) is 1.68. The number of rotatable bonds is 3. The van der Waals surface area contributed by atoms with Crippen LogP contribution in [0.25, 0.3) is 11.3 Å². The van der Waals surface area contributed by atoms with Gasteiger partial charge in [-0.25, -0.2) is 4.98 Å². The van der Waals surface area contributed by atoms with Gasteiger partial charge in [-0.15, -0.1) is 11.3 Å². The van der Waals surface area contributed by atoms with Gasteiger partial charge in [-0.1, -0.05) is 35.0 Å². The van der Waals surface area contributed by atoms with Crippen LogP contribution in [0.2, 0.25) is 5.02 Å². The fourth-order valence-corrected chi connectivity index (χ4v) is 2.67. The van der Waals surface area contributed by atoms with Crippen molar-refractivity contribution in [1.29, 1.82) is 0 Å². The summed E-state index contributed by atoms with van der Waals surface area (Å²) < 4.78 is 5.16. The van der Waals surface area contributed by atoms with Crippen molar-refractivity contribution in [1.82, 2.24) is 10.1 Å². The second kappa shape index (κ2) is 5.67. The van der Waals surface area contributed by atoms with Crippen molar-refractivity contribution in [2.24, 2.45) is 0 Å². The molecule has 7 heteroatoms. The van der Waals surface area contributed by atoms with E-state index in [0.717, 1.165) is 0 Å². The Balaban J connectivity index is 2.01. The normalized spacial score (nSPS) is 10.6. The molecule has 0 saturated heterocycles. The van der Waals surface area contributed by atoms with E-state index >= 15 is 0 Å². The fraction of sp³-hybridized carbons (Fsp3) is 0.0714. The molecule has 0 fully saturated rings. The predicted molar refractivity (Wildman–Crippen MR) is 81.8 cm³/mol. The molecule has 0 aliphatic carbocycles. The molecule has 5 nitrogen and oxygen atoms in total. The Kier molecular flexibility index (Phi) is 3.72. The van der Waals surface area contributed by atoms with Gasteiger partial charge in [-0.05, 0) is 13.0 Å². The van der Waals surface area contributed by atoms with Crippen molar-refractivity contribution >= 4 is 34.0 Å². The van der Waals surface area contributed by atoms with Gasteiger partial charge in [0.05, 0.1) is 5.02 Å². The molecule has 0 bridgehead atoms. The minimum atomic E-state index is -0.321. The fourth-order valence-electron chi connectivity index (χ4n) is 1.92. The second-order valence-corrected chi connectivity index (χ2v) is 5.54. The standard InChI is InChI=1S/C14H10ClN3O2S/c1-8-11(13(19)17-14-16-6-7-21-14)12(18-20-8)9-4-2-3-5-10(9)15/h2-7H,1H3,(H,16,17,19). The molecule has 1 aromatic carbocycles. The maximum absolute atomic E-state index is 12.4. The number of hydrogen-bond donors (Lipinski definition) is 1. The van der Waals surface area contributed by atoms with Crippen molar-refractivity contribution in [3.8, 4) is 11.3 Å². The Hall–Kier alpha value is -2.18. The topological polar surface area (TPSA) is 68.0 Å². The molecule has 0 aliphatic rings. The van der Waals surface area contributed by atoms with Gasteiger partial charge in [0.2, 0.25) is 0 Å². The maximum atomic E-state index is 12.4. The number of thiazole rings is 1. The smallest absolute Gasteiger partial charge is 0.263 e. The minimum absolute atomic E-state index is 0.321. The molecule has 2 heterocycles. The van der Waals surface area contributed by atoms with E-state index in [9.17, 15) is 4.79 Å². The van der Waals surface area contributed by atoms with Gasteiger partial charge in [0.15, 0.2) is 5.13 Å². The number of anilines is 1. The Morgan fingerprint density at radius 2 is 2.19 bits per heavy atom. The molecule has 0 spiro atoms. The number of aromatic nitrogens is 2. The summed E-state index contributed by atoms with van der Waals surface area (Å²) in [5, 5.41) is 9.49. The summed E-state index contributed by atoms with van der Waals surface area (Å²) in [4.78, 5) is 16.4. The highest BCUT2D eigenvalue weighted by Gasteiger charge is 2.23. The largest absolute Gasteiger partial charge is 0.360 e. The number of carbonyl (C=O) groups is 1. The van der Waals surface area contributed by atoms with Crippen molar-refractivity contribution < 1.29 is 9.32 Å². The first-order valence-corrected chi connectivity index (χ1v) is 7.34. The number of aryl methyl sites for hydroxylation is 1. The summed E-state index contributed by atoms with van der Waals surface area (Å²) in [6, 6.07) is 7.17. The van der Waals surface area contributed by atoms with E-state index < -0.39 is 0 Å². The highest BCUT2D eigenvalue weighted by molar-refractivity contribution is 7.13. The van der Waals surface area contributed by atoms with Gasteiger partial charge >= 0.3 is 0 Å². The maximum Gasteiger partial charge on any atom is 0.263 e. The monoisotopic (exact) mass is 319 g/mol. The number of nitrogens with one attached hydrogen (secondary N) is 1. The number of hydrogen-bond acceptors (Lipinski definition) is 5. The quantitative estimate of drug-likeness (QED) is 0.792. The number of nitrogens with zero attached hydrogens (tertiary/aromatic N) is 2. The Labute approximate surface area is 129 Å². The highest BCUT2D eigenvalue weighted by atomic mass is 35.5. The van der Waals surface area contributed by atoms with Crippen LogP contribution in [-0.4, -0.2) is 16.0 Å². The number of amides is 1. The third-order valence-electron chi connectivity index (χ3n) is 2.87. The van der Waals surface area contributed by atoms with Crippen LogP contribution in [0.1, 0.15) is 16.1 Å². The van der Waals surface area contributed by atoms with Crippen LogP contribution >= 0.6 is 22.9 Å². The zero-order valence-electron chi connectivity index (χ0n) is 11.0. The van der Waals surface area contributed by atoms with Crippen LogP contribution < -0.4 is 5.32 Å². The van der Waals surface area contributed by atoms with E-state index in [2.05, 4.69) is 15.5 Å². The lowest BCUT2D eigenvalue weighted by Crippen LogP contribution is -2.13. The molecule has 0 aliphatic heterocycles. The Morgan fingerprint density at radius 3 is 2.90 bits per heavy atom. The summed E-state index contributed by atoms with van der Waals surface area (Å²) in [5.41, 5.74) is 1.44. The molecular weight excluding hydrogens is 310 g/mol.